The zero-order chi connectivity index (χ0) is 13.6. The normalized spacial score (nSPS) is 13.7. The molecule has 3 nitrogen and oxygen atoms in total. The van der Waals surface area contributed by atoms with Gasteiger partial charge in [0.05, 0.1) is 5.02 Å². The van der Waals surface area contributed by atoms with Gasteiger partial charge >= 0.3 is 0 Å². The molecule has 0 aliphatic carbocycles. The van der Waals surface area contributed by atoms with Crippen molar-refractivity contribution in [1.29, 1.82) is 0 Å². The van der Waals surface area contributed by atoms with Crippen LogP contribution in [0.3, 0.4) is 0 Å². The van der Waals surface area contributed by atoms with Crippen LogP contribution in [0.25, 0.3) is 0 Å². The number of nitrogens with zero attached hydrogens (tertiary/aromatic N) is 1. The van der Waals surface area contributed by atoms with Gasteiger partial charge in [-0.05, 0) is 42.0 Å². The first-order chi connectivity index (χ1) is 9.08. The SMILES string of the molecule is Cc1cc2c(cc1N)N(C(=O)c1sccc1Cl)CC2. The predicted octanol–water partition coefficient (Wildman–Crippen LogP) is 3.50. The van der Waals surface area contributed by atoms with Gasteiger partial charge in [0.1, 0.15) is 4.88 Å². The molecule has 1 aromatic carbocycles. The van der Waals surface area contributed by atoms with E-state index in [0.717, 1.165) is 23.4 Å². The second kappa shape index (κ2) is 4.54. The summed E-state index contributed by atoms with van der Waals surface area (Å²) in [6.07, 6.45) is 0.866. The third kappa shape index (κ3) is 2.01. The van der Waals surface area contributed by atoms with Gasteiger partial charge in [-0.15, -0.1) is 11.3 Å². The first-order valence-corrected chi connectivity index (χ1v) is 7.27. The number of nitrogen functional groups attached to an aromatic ring is 1. The number of hydrogen-bond donors (Lipinski definition) is 1. The number of aryl methyl sites for hydroxylation is 1. The summed E-state index contributed by atoms with van der Waals surface area (Å²) in [6.45, 7) is 2.67. The highest BCUT2D eigenvalue weighted by Gasteiger charge is 2.28. The van der Waals surface area contributed by atoms with Gasteiger partial charge in [0, 0.05) is 17.9 Å². The number of benzene rings is 1. The lowest BCUT2D eigenvalue weighted by Crippen LogP contribution is -2.28. The van der Waals surface area contributed by atoms with E-state index in [4.69, 9.17) is 17.3 Å². The summed E-state index contributed by atoms with van der Waals surface area (Å²) < 4.78 is 0. The Labute approximate surface area is 120 Å². The number of nitrogens with two attached hydrogens (primary N) is 1. The highest BCUT2D eigenvalue weighted by atomic mass is 35.5. The number of amides is 1. The molecule has 0 fully saturated rings. The number of carbonyl (C=O) groups is 1. The fourth-order valence-electron chi connectivity index (χ4n) is 2.36. The first kappa shape index (κ1) is 12.5. The van der Waals surface area contributed by atoms with Gasteiger partial charge in [-0.25, -0.2) is 0 Å². The molecule has 1 aromatic heterocycles. The molecular formula is C14H13ClN2OS. The van der Waals surface area contributed by atoms with Crippen LogP contribution >= 0.6 is 22.9 Å². The minimum atomic E-state index is -0.0398. The summed E-state index contributed by atoms with van der Waals surface area (Å²) in [5.41, 5.74) is 9.81. The van der Waals surface area contributed by atoms with E-state index in [1.807, 2.05) is 18.4 Å². The Bertz CT molecular complexity index is 665. The van der Waals surface area contributed by atoms with E-state index in [1.54, 1.807) is 11.0 Å². The second-order valence-corrected chi connectivity index (χ2v) is 5.97. The maximum absolute atomic E-state index is 12.5. The van der Waals surface area contributed by atoms with Crippen LogP contribution in [0.15, 0.2) is 23.6 Å². The monoisotopic (exact) mass is 292 g/mol. The summed E-state index contributed by atoms with van der Waals surface area (Å²) in [7, 11) is 0. The summed E-state index contributed by atoms with van der Waals surface area (Å²) in [6, 6.07) is 5.70. The molecule has 1 aliphatic heterocycles. The topological polar surface area (TPSA) is 46.3 Å². The summed E-state index contributed by atoms with van der Waals surface area (Å²) >= 11 is 7.41. The lowest BCUT2D eigenvalue weighted by molar-refractivity contribution is 0.0993. The minimum Gasteiger partial charge on any atom is -0.398 e. The van der Waals surface area contributed by atoms with Crippen molar-refractivity contribution in [3.63, 3.8) is 0 Å². The van der Waals surface area contributed by atoms with Gasteiger partial charge in [0.15, 0.2) is 0 Å². The van der Waals surface area contributed by atoms with Crippen molar-refractivity contribution < 1.29 is 4.79 Å². The van der Waals surface area contributed by atoms with Crippen LogP contribution in [0.4, 0.5) is 11.4 Å². The molecule has 0 atom stereocenters. The highest BCUT2D eigenvalue weighted by Crippen LogP contribution is 2.34. The molecule has 1 aliphatic rings. The Balaban J connectivity index is 2.01. The Hall–Kier alpha value is -1.52. The second-order valence-electron chi connectivity index (χ2n) is 4.64. The largest absolute Gasteiger partial charge is 0.398 e. The van der Waals surface area contributed by atoms with E-state index >= 15 is 0 Å². The van der Waals surface area contributed by atoms with Crippen molar-refractivity contribution in [3.8, 4) is 0 Å². The molecule has 0 bridgehead atoms. The quantitative estimate of drug-likeness (QED) is 0.818. The van der Waals surface area contributed by atoms with E-state index in [0.29, 0.717) is 16.4 Å². The van der Waals surface area contributed by atoms with E-state index in [-0.39, 0.29) is 5.91 Å². The van der Waals surface area contributed by atoms with Gasteiger partial charge in [-0.2, -0.15) is 0 Å². The van der Waals surface area contributed by atoms with Gasteiger partial charge in [0.25, 0.3) is 5.91 Å². The summed E-state index contributed by atoms with van der Waals surface area (Å²) in [5.74, 6) is -0.0398. The van der Waals surface area contributed by atoms with E-state index < -0.39 is 0 Å². The standard InChI is InChI=1S/C14H13ClN2OS/c1-8-6-9-2-4-17(12(9)7-11(8)16)14(18)13-10(15)3-5-19-13/h3,5-7H,2,4,16H2,1H3. The van der Waals surface area contributed by atoms with Crippen molar-refractivity contribution in [1.82, 2.24) is 0 Å². The van der Waals surface area contributed by atoms with E-state index in [2.05, 4.69) is 6.07 Å². The predicted molar refractivity (Wildman–Crippen MR) is 80.3 cm³/mol. The highest BCUT2D eigenvalue weighted by molar-refractivity contribution is 7.12. The van der Waals surface area contributed by atoms with Crippen molar-refractivity contribution in [2.24, 2.45) is 0 Å². The van der Waals surface area contributed by atoms with Crippen LogP contribution in [-0.2, 0) is 6.42 Å². The third-order valence-corrected chi connectivity index (χ3v) is 4.75. The lowest BCUT2D eigenvalue weighted by atomic mass is 10.1. The fourth-order valence-corrected chi connectivity index (χ4v) is 3.44. The molecule has 0 spiro atoms. The number of rotatable bonds is 1. The van der Waals surface area contributed by atoms with Gasteiger partial charge in [-0.3, -0.25) is 4.79 Å². The van der Waals surface area contributed by atoms with E-state index in [9.17, 15) is 4.79 Å². The number of halogens is 1. The maximum atomic E-state index is 12.5. The Morgan fingerprint density at radius 2 is 2.26 bits per heavy atom. The number of anilines is 2. The van der Waals surface area contributed by atoms with Crippen LogP contribution < -0.4 is 10.6 Å². The lowest BCUT2D eigenvalue weighted by Gasteiger charge is -2.17. The molecule has 2 heterocycles. The molecular weight excluding hydrogens is 280 g/mol. The van der Waals surface area contributed by atoms with E-state index in [1.165, 1.54) is 16.9 Å². The molecule has 3 rings (SSSR count). The van der Waals surface area contributed by atoms with Crippen molar-refractivity contribution in [2.75, 3.05) is 17.2 Å². The van der Waals surface area contributed by atoms with Gasteiger partial charge in [-0.1, -0.05) is 17.7 Å². The molecule has 0 unspecified atom stereocenters. The van der Waals surface area contributed by atoms with Crippen LogP contribution in [0.5, 0.6) is 0 Å². The third-order valence-electron chi connectivity index (χ3n) is 3.42. The van der Waals surface area contributed by atoms with Crippen molar-refractivity contribution in [2.45, 2.75) is 13.3 Å². The molecule has 5 heteroatoms. The number of fused-ring (bicyclic) bond motifs is 1. The number of hydrogen-bond acceptors (Lipinski definition) is 3. The Morgan fingerprint density at radius 3 is 2.95 bits per heavy atom. The Morgan fingerprint density at radius 1 is 1.47 bits per heavy atom. The average molecular weight is 293 g/mol. The van der Waals surface area contributed by atoms with Gasteiger partial charge < -0.3 is 10.6 Å². The van der Waals surface area contributed by atoms with Crippen LogP contribution in [0, 0.1) is 6.92 Å². The molecule has 19 heavy (non-hydrogen) atoms. The first-order valence-electron chi connectivity index (χ1n) is 6.02. The Kier molecular flexibility index (Phi) is 2.99. The molecule has 2 aromatic rings. The van der Waals surface area contributed by atoms with Crippen molar-refractivity contribution >= 4 is 40.2 Å². The van der Waals surface area contributed by atoms with Crippen LogP contribution in [0.2, 0.25) is 5.02 Å². The number of thiophene rings is 1. The molecule has 1 amide bonds. The van der Waals surface area contributed by atoms with Crippen LogP contribution in [-0.4, -0.2) is 12.5 Å². The molecule has 98 valence electrons. The molecule has 2 N–H and O–H groups in total. The zero-order valence-corrected chi connectivity index (χ0v) is 12.0. The minimum absolute atomic E-state index is 0.0398. The smallest absolute Gasteiger partial charge is 0.269 e. The zero-order valence-electron chi connectivity index (χ0n) is 10.4. The van der Waals surface area contributed by atoms with Crippen LogP contribution in [0.1, 0.15) is 20.8 Å². The summed E-state index contributed by atoms with van der Waals surface area (Å²) in [4.78, 5) is 14.9. The van der Waals surface area contributed by atoms with Gasteiger partial charge in [0.2, 0.25) is 0 Å². The number of carbonyl (C=O) groups excluding carboxylic acids is 1. The summed E-state index contributed by atoms with van der Waals surface area (Å²) in [5, 5.41) is 2.35. The molecule has 0 radical (unpaired) electrons. The molecule has 0 saturated carbocycles. The average Bonchev–Trinajstić information content (AvgIpc) is 2.96. The maximum Gasteiger partial charge on any atom is 0.269 e. The fraction of sp³-hybridized carbons (Fsp3) is 0.214. The molecule has 0 saturated heterocycles. The van der Waals surface area contributed by atoms with Crippen molar-refractivity contribution in [3.05, 3.63) is 44.6 Å².